The average Bonchev–Trinajstić information content (AvgIpc) is 2.99. The van der Waals surface area contributed by atoms with Crippen molar-refractivity contribution >= 4 is 11.6 Å². The molecule has 6 heteroatoms. The Morgan fingerprint density at radius 3 is 2.91 bits per heavy atom. The van der Waals surface area contributed by atoms with Gasteiger partial charge >= 0.3 is 0 Å². The second-order valence-electron chi connectivity index (χ2n) is 5.83. The van der Waals surface area contributed by atoms with Crippen molar-refractivity contribution in [3.8, 4) is 5.75 Å². The monoisotopic (exact) mass is 314 g/mol. The first-order valence-corrected chi connectivity index (χ1v) is 7.83. The Morgan fingerprint density at radius 2 is 2.22 bits per heavy atom. The van der Waals surface area contributed by atoms with Gasteiger partial charge in [0.1, 0.15) is 11.9 Å². The van der Waals surface area contributed by atoms with Crippen molar-refractivity contribution in [1.29, 1.82) is 0 Å². The number of nitrogens with zero attached hydrogens (tertiary/aromatic N) is 4. The van der Waals surface area contributed by atoms with E-state index in [1.807, 2.05) is 18.2 Å². The Bertz CT molecular complexity index is 697. The number of carbonyl (C=O) groups is 1. The minimum absolute atomic E-state index is 0.0383. The van der Waals surface area contributed by atoms with E-state index in [4.69, 9.17) is 4.74 Å². The first-order chi connectivity index (χ1) is 11.1. The van der Waals surface area contributed by atoms with Crippen LogP contribution in [0.1, 0.15) is 17.3 Å². The molecule has 0 fully saturated rings. The van der Waals surface area contributed by atoms with Crippen LogP contribution in [0.5, 0.6) is 5.75 Å². The minimum Gasteiger partial charge on any atom is -0.485 e. The molecule has 1 atom stereocenters. The predicted octanol–water partition coefficient (Wildman–Crippen LogP) is 1.78. The molecule has 1 aliphatic heterocycles. The number of para-hydroxylation sites is 2. The van der Waals surface area contributed by atoms with Crippen LogP contribution in [0.15, 0.2) is 36.7 Å². The van der Waals surface area contributed by atoms with Crippen LogP contribution in [-0.2, 0) is 7.05 Å². The van der Waals surface area contributed by atoms with E-state index in [9.17, 15) is 4.79 Å². The molecule has 0 N–H and O–H groups in total. The molecule has 2 heterocycles. The number of rotatable bonds is 4. The number of benzene rings is 1. The number of carbonyl (C=O) groups excluding carboxylic acids is 1. The van der Waals surface area contributed by atoms with Crippen LogP contribution in [-0.4, -0.2) is 53.4 Å². The van der Waals surface area contributed by atoms with Crippen molar-refractivity contribution < 1.29 is 9.53 Å². The van der Waals surface area contributed by atoms with Crippen molar-refractivity contribution in [1.82, 2.24) is 14.7 Å². The highest BCUT2D eigenvalue weighted by Crippen LogP contribution is 2.32. The standard InChI is InChI=1S/C17H22N4O2/c1-4-21-12-14(23-16-8-6-5-7-15(16)21)11-19(2)17(22)13-9-18-20(3)10-13/h5-10,14H,4,11-12H2,1-3H3/t14-/m0/s1. The number of ether oxygens (including phenoxy) is 1. The summed E-state index contributed by atoms with van der Waals surface area (Å²) < 4.78 is 7.70. The van der Waals surface area contributed by atoms with Crippen molar-refractivity contribution in [2.45, 2.75) is 13.0 Å². The summed E-state index contributed by atoms with van der Waals surface area (Å²) in [4.78, 5) is 16.4. The Hall–Kier alpha value is -2.50. The van der Waals surface area contributed by atoms with Gasteiger partial charge in [0.05, 0.1) is 30.5 Å². The third-order valence-electron chi connectivity index (χ3n) is 4.08. The summed E-state index contributed by atoms with van der Waals surface area (Å²) in [6, 6.07) is 8.04. The summed E-state index contributed by atoms with van der Waals surface area (Å²) >= 11 is 0. The van der Waals surface area contributed by atoms with Crippen LogP contribution >= 0.6 is 0 Å². The lowest BCUT2D eigenvalue weighted by atomic mass is 10.1. The number of likely N-dealkylation sites (N-methyl/N-ethyl adjacent to an activating group) is 2. The molecule has 2 aromatic rings. The van der Waals surface area contributed by atoms with Gasteiger partial charge in [-0.3, -0.25) is 9.48 Å². The van der Waals surface area contributed by atoms with E-state index in [0.717, 1.165) is 24.5 Å². The summed E-state index contributed by atoms with van der Waals surface area (Å²) in [7, 11) is 3.60. The van der Waals surface area contributed by atoms with Gasteiger partial charge in [-0.15, -0.1) is 0 Å². The Morgan fingerprint density at radius 1 is 1.43 bits per heavy atom. The molecule has 0 spiro atoms. The third-order valence-corrected chi connectivity index (χ3v) is 4.08. The predicted molar refractivity (Wildman–Crippen MR) is 88.9 cm³/mol. The molecule has 0 saturated heterocycles. The first-order valence-electron chi connectivity index (χ1n) is 7.83. The zero-order valence-corrected chi connectivity index (χ0v) is 13.8. The van der Waals surface area contributed by atoms with Crippen LogP contribution in [0.4, 0.5) is 5.69 Å². The maximum absolute atomic E-state index is 12.4. The van der Waals surface area contributed by atoms with Crippen molar-refractivity contribution in [3.63, 3.8) is 0 Å². The highest BCUT2D eigenvalue weighted by atomic mass is 16.5. The van der Waals surface area contributed by atoms with Gasteiger partial charge in [-0.2, -0.15) is 5.10 Å². The van der Waals surface area contributed by atoms with Gasteiger partial charge in [-0.05, 0) is 19.1 Å². The molecule has 0 bridgehead atoms. The van der Waals surface area contributed by atoms with Crippen molar-refractivity contribution in [2.75, 3.05) is 31.6 Å². The van der Waals surface area contributed by atoms with Crippen molar-refractivity contribution in [2.24, 2.45) is 7.05 Å². The van der Waals surface area contributed by atoms with Crippen LogP contribution in [0, 0.1) is 0 Å². The number of aryl methyl sites for hydroxylation is 1. The zero-order chi connectivity index (χ0) is 16.4. The minimum atomic E-state index is -0.0459. The second-order valence-corrected chi connectivity index (χ2v) is 5.83. The highest BCUT2D eigenvalue weighted by molar-refractivity contribution is 5.93. The number of anilines is 1. The summed E-state index contributed by atoms with van der Waals surface area (Å²) in [5, 5.41) is 4.05. The van der Waals surface area contributed by atoms with Gasteiger partial charge in [0, 0.05) is 26.8 Å². The Kier molecular flexibility index (Phi) is 4.23. The summed E-state index contributed by atoms with van der Waals surface area (Å²) in [6.07, 6.45) is 3.28. The van der Waals surface area contributed by atoms with Crippen LogP contribution in [0.25, 0.3) is 0 Å². The van der Waals surface area contributed by atoms with Crippen molar-refractivity contribution in [3.05, 3.63) is 42.2 Å². The van der Waals surface area contributed by atoms with Gasteiger partial charge in [0.25, 0.3) is 5.91 Å². The molecule has 1 aromatic carbocycles. The Balaban J connectivity index is 1.70. The molecule has 23 heavy (non-hydrogen) atoms. The van der Waals surface area contributed by atoms with E-state index >= 15 is 0 Å². The molecule has 0 unspecified atom stereocenters. The van der Waals surface area contributed by atoms with E-state index < -0.39 is 0 Å². The molecular weight excluding hydrogens is 292 g/mol. The van der Waals surface area contributed by atoms with Crippen LogP contribution in [0.3, 0.4) is 0 Å². The first kappa shape index (κ1) is 15.4. The van der Waals surface area contributed by atoms with Gasteiger partial charge in [0.2, 0.25) is 0 Å². The van der Waals surface area contributed by atoms with E-state index in [1.54, 1.807) is 36.1 Å². The number of aromatic nitrogens is 2. The molecule has 1 aromatic heterocycles. The van der Waals surface area contributed by atoms with E-state index in [2.05, 4.69) is 23.0 Å². The quantitative estimate of drug-likeness (QED) is 0.863. The largest absolute Gasteiger partial charge is 0.485 e. The molecule has 1 aliphatic rings. The van der Waals surface area contributed by atoms with E-state index in [-0.39, 0.29) is 12.0 Å². The fraction of sp³-hybridized carbons (Fsp3) is 0.412. The molecule has 0 saturated carbocycles. The molecule has 6 nitrogen and oxygen atoms in total. The SMILES string of the molecule is CCN1C[C@H](CN(C)C(=O)c2cnn(C)c2)Oc2ccccc21. The molecular formula is C17H22N4O2. The maximum atomic E-state index is 12.4. The van der Waals surface area contributed by atoms with Gasteiger partial charge in [-0.25, -0.2) is 0 Å². The lowest BCUT2D eigenvalue weighted by Crippen LogP contribution is -2.46. The van der Waals surface area contributed by atoms with Gasteiger partial charge in [0.15, 0.2) is 0 Å². The summed E-state index contributed by atoms with van der Waals surface area (Å²) in [5.74, 6) is 0.844. The number of fused-ring (bicyclic) bond motifs is 1. The average molecular weight is 314 g/mol. The summed E-state index contributed by atoms with van der Waals surface area (Å²) in [6.45, 7) is 4.36. The highest BCUT2D eigenvalue weighted by Gasteiger charge is 2.27. The molecule has 3 rings (SSSR count). The Labute approximate surface area is 136 Å². The van der Waals surface area contributed by atoms with Gasteiger partial charge < -0.3 is 14.5 Å². The topological polar surface area (TPSA) is 50.6 Å². The fourth-order valence-electron chi connectivity index (χ4n) is 2.91. The van der Waals surface area contributed by atoms with E-state index in [1.165, 1.54) is 0 Å². The zero-order valence-electron chi connectivity index (χ0n) is 13.8. The van der Waals surface area contributed by atoms with E-state index in [0.29, 0.717) is 12.1 Å². The number of hydrogen-bond acceptors (Lipinski definition) is 4. The molecule has 0 aliphatic carbocycles. The normalized spacial score (nSPS) is 16.7. The second kappa shape index (κ2) is 6.32. The summed E-state index contributed by atoms with van der Waals surface area (Å²) in [5.41, 5.74) is 1.71. The molecule has 122 valence electrons. The third kappa shape index (κ3) is 3.16. The molecule has 0 radical (unpaired) electrons. The fourth-order valence-corrected chi connectivity index (χ4v) is 2.91. The molecule has 1 amide bonds. The van der Waals surface area contributed by atoms with Gasteiger partial charge in [-0.1, -0.05) is 12.1 Å². The smallest absolute Gasteiger partial charge is 0.256 e. The van der Waals surface area contributed by atoms with Crippen LogP contribution in [0.2, 0.25) is 0 Å². The number of hydrogen-bond donors (Lipinski definition) is 0. The lowest BCUT2D eigenvalue weighted by Gasteiger charge is -2.37. The van der Waals surface area contributed by atoms with Crippen LogP contribution < -0.4 is 9.64 Å². The number of amides is 1. The maximum Gasteiger partial charge on any atom is 0.256 e. The lowest BCUT2D eigenvalue weighted by molar-refractivity contribution is 0.0709.